The molecule has 2 aromatic rings. The lowest BCUT2D eigenvalue weighted by molar-refractivity contribution is 0.0942. The van der Waals surface area contributed by atoms with Gasteiger partial charge < -0.3 is 14.6 Å². The summed E-state index contributed by atoms with van der Waals surface area (Å²) in [6.07, 6.45) is 1.73. The number of hydrogen-bond donors (Lipinski definition) is 1. The summed E-state index contributed by atoms with van der Waals surface area (Å²) < 4.78 is 5.73. The highest BCUT2D eigenvalue weighted by atomic mass is 16.4. The van der Waals surface area contributed by atoms with E-state index in [-0.39, 0.29) is 5.91 Å². The molecule has 0 fully saturated rings. The average molecular weight is 393 g/mol. The van der Waals surface area contributed by atoms with Gasteiger partial charge in [0, 0.05) is 32.2 Å². The van der Waals surface area contributed by atoms with E-state index in [0.717, 1.165) is 25.5 Å². The maximum atomic E-state index is 13.0. The molecule has 2 aliphatic heterocycles. The fourth-order valence-electron chi connectivity index (χ4n) is 3.76. The number of furan rings is 1. The van der Waals surface area contributed by atoms with Crippen molar-refractivity contribution in [3.63, 3.8) is 0 Å². The summed E-state index contributed by atoms with van der Waals surface area (Å²) in [6, 6.07) is 10.8. The van der Waals surface area contributed by atoms with Gasteiger partial charge in [-0.1, -0.05) is 30.3 Å². The number of nitrogens with one attached hydrogen (secondary N) is 1. The Morgan fingerprint density at radius 1 is 1.31 bits per heavy atom. The van der Waals surface area contributed by atoms with Crippen LogP contribution in [0.1, 0.15) is 41.1 Å². The molecule has 0 aliphatic carbocycles. The van der Waals surface area contributed by atoms with E-state index in [9.17, 15) is 4.79 Å². The van der Waals surface area contributed by atoms with Gasteiger partial charge in [-0.3, -0.25) is 14.7 Å². The third-order valence-corrected chi connectivity index (χ3v) is 5.35. The van der Waals surface area contributed by atoms with Crippen LogP contribution in [0, 0.1) is 6.92 Å². The van der Waals surface area contributed by atoms with E-state index in [4.69, 9.17) is 4.42 Å². The lowest BCUT2D eigenvalue weighted by Gasteiger charge is -2.26. The molecule has 29 heavy (non-hydrogen) atoms. The lowest BCUT2D eigenvalue weighted by Crippen LogP contribution is -2.39. The third kappa shape index (κ3) is 3.96. The van der Waals surface area contributed by atoms with Gasteiger partial charge in [0.15, 0.2) is 0 Å². The summed E-state index contributed by atoms with van der Waals surface area (Å²) in [5, 5.41) is 3.06. The lowest BCUT2D eigenvalue weighted by atomic mass is 10.1. The van der Waals surface area contributed by atoms with E-state index in [2.05, 4.69) is 58.3 Å². The molecule has 0 atom stereocenters. The van der Waals surface area contributed by atoms with Crippen LogP contribution in [0.15, 0.2) is 44.7 Å². The Morgan fingerprint density at radius 2 is 2.10 bits per heavy atom. The SMILES string of the molecule is Cc1oc2c(c1C(=O)NCCN(Cc1ccccc1)C(C)C)C1=NCCN1C=N2. The zero-order valence-electron chi connectivity index (χ0n) is 17.2. The standard InChI is InChI=1S/C22H27N5O2/c1-15(2)26(13-17-7-5-4-6-8-17)11-10-24-21(28)18-16(3)29-22-19(18)20-23-9-12-27(20)14-25-22/h4-8,14-15H,9-13H2,1-3H3,(H,24,28). The van der Waals surface area contributed by atoms with Crippen LogP contribution in [0.3, 0.4) is 0 Å². The Hall–Kier alpha value is -2.93. The highest BCUT2D eigenvalue weighted by molar-refractivity contribution is 6.17. The van der Waals surface area contributed by atoms with E-state index < -0.39 is 0 Å². The Balaban J connectivity index is 1.43. The molecule has 3 heterocycles. The van der Waals surface area contributed by atoms with Crippen LogP contribution < -0.4 is 5.32 Å². The van der Waals surface area contributed by atoms with Gasteiger partial charge in [0.1, 0.15) is 17.9 Å². The molecule has 0 radical (unpaired) electrons. The molecule has 1 amide bonds. The number of aliphatic imine (C=N–C) groups is 2. The average Bonchev–Trinajstić information content (AvgIpc) is 3.30. The Morgan fingerprint density at radius 3 is 2.86 bits per heavy atom. The normalized spacial score (nSPS) is 14.9. The van der Waals surface area contributed by atoms with E-state index >= 15 is 0 Å². The van der Waals surface area contributed by atoms with Crippen LogP contribution in [0.4, 0.5) is 5.88 Å². The molecule has 7 heteroatoms. The van der Waals surface area contributed by atoms with E-state index in [0.29, 0.717) is 41.9 Å². The second kappa shape index (κ2) is 8.21. The first-order chi connectivity index (χ1) is 14.0. The van der Waals surface area contributed by atoms with Gasteiger partial charge in [0.2, 0.25) is 5.88 Å². The summed E-state index contributed by atoms with van der Waals surface area (Å²) in [5.41, 5.74) is 2.52. The largest absolute Gasteiger partial charge is 0.442 e. The third-order valence-electron chi connectivity index (χ3n) is 5.35. The van der Waals surface area contributed by atoms with Gasteiger partial charge in [0.25, 0.3) is 5.91 Å². The van der Waals surface area contributed by atoms with Crippen molar-refractivity contribution in [3.05, 3.63) is 52.8 Å². The molecule has 0 spiro atoms. The predicted octanol–water partition coefficient (Wildman–Crippen LogP) is 2.96. The van der Waals surface area contributed by atoms with Gasteiger partial charge in [-0.15, -0.1) is 0 Å². The van der Waals surface area contributed by atoms with Crippen LogP contribution >= 0.6 is 0 Å². The molecule has 1 aromatic carbocycles. The number of benzene rings is 1. The summed E-state index contributed by atoms with van der Waals surface area (Å²) >= 11 is 0. The Kier molecular flexibility index (Phi) is 5.49. The molecule has 0 unspecified atom stereocenters. The highest BCUT2D eigenvalue weighted by Crippen LogP contribution is 2.34. The number of amides is 1. The number of carbonyl (C=O) groups excluding carboxylic acids is 1. The molecule has 1 N–H and O–H groups in total. The van der Waals surface area contributed by atoms with E-state index in [1.54, 1.807) is 13.3 Å². The minimum absolute atomic E-state index is 0.137. The van der Waals surface area contributed by atoms with Gasteiger partial charge >= 0.3 is 0 Å². The van der Waals surface area contributed by atoms with Gasteiger partial charge in [-0.2, -0.15) is 0 Å². The number of nitrogens with zero attached hydrogens (tertiary/aromatic N) is 4. The minimum Gasteiger partial charge on any atom is -0.442 e. The van der Waals surface area contributed by atoms with Crippen LogP contribution in [0.5, 0.6) is 0 Å². The van der Waals surface area contributed by atoms with Crippen LogP contribution in [-0.2, 0) is 6.54 Å². The fraction of sp³-hybridized carbons (Fsp3) is 0.409. The number of aryl methyl sites for hydroxylation is 1. The van der Waals surface area contributed by atoms with Crippen molar-refractivity contribution >= 4 is 24.0 Å². The summed E-state index contributed by atoms with van der Waals surface area (Å²) in [5.74, 6) is 1.69. The Bertz CT molecular complexity index is 946. The second-order valence-corrected chi connectivity index (χ2v) is 7.66. The first-order valence-corrected chi connectivity index (χ1v) is 10.1. The first-order valence-electron chi connectivity index (χ1n) is 10.1. The summed E-state index contributed by atoms with van der Waals surface area (Å²) in [4.78, 5) is 26.2. The first kappa shape index (κ1) is 19.4. The number of amidine groups is 1. The van der Waals surface area contributed by atoms with Crippen molar-refractivity contribution in [1.29, 1.82) is 0 Å². The maximum absolute atomic E-state index is 13.0. The molecule has 152 valence electrons. The van der Waals surface area contributed by atoms with Crippen LogP contribution in [0.25, 0.3) is 0 Å². The second-order valence-electron chi connectivity index (χ2n) is 7.66. The van der Waals surface area contributed by atoms with Crippen molar-refractivity contribution in [2.24, 2.45) is 9.98 Å². The monoisotopic (exact) mass is 393 g/mol. The van der Waals surface area contributed by atoms with Crippen molar-refractivity contribution in [2.45, 2.75) is 33.4 Å². The number of hydrogen-bond acceptors (Lipinski definition) is 6. The van der Waals surface area contributed by atoms with Crippen molar-refractivity contribution in [1.82, 2.24) is 15.1 Å². The quantitative estimate of drug-likeness (QED) is 0.785. The summed E-state index contributed by atoms with van der Waals surface area (Å²) in [7, 11) is 0. The zero-order valence-corrected chi connectivity index (χ0v) is 17.2. The molecule has 7 nitrogen and oxygen atoms in total. The van der Waals surface area contributed by atoms with E-state index in [1.807, 2.05) is 11.0 Å². The van der Waals surface area contributed by atoms with Crippen molar-refractivity contribution in [2.75, 3.05) is 26.2 Å². The molecule has 0 saturated carbocycles. The zero-order chi connectivity index (χ0) is 20.4. The molecule has 0 saturated heterocycles. The highest BCUT2D eigenvalue weighted by Gasteiger charge is 2.33. The molecule has 4 rings (SSSR count). The topological polar surface area (TPSA) is 73.4 Å². The number of carbonyl (C=O) groups is 1. The van der Waals surface area contributed by atoms with Crippen molar-refractivity contribution < 1.29 is 9.21 Å². The molecular weight excluding hydrogens is 366 g/mol. The van der Waals surface area contributed by atoms with E-state index in [1.165, 1.54) is 5.56 Å². The van der Waals surface area contributed by atoms with Crippen LogP contribution in [-0.4, -0.2) is 60.1 Å². The van der Waals surface area contributed by atoms with Crippen LogP contribution in [0.2, 0.25) is 0 Å². The summed E-state index contributed by atoms with van der Waals surface area (Å²) in [6.45, 7) is 9.82. The van der Waals surface area contributed by atoms with Gasteiger partial charge in [0.05, 0.1) is 17.7 Å². The minimum atomic E-state index is -0.137. The van der Waals surface area contributed by atoms with Crippen molar-refractivity contribution in [3.8, 4) is 0 Å². The number of fused-ring (bicyclic) bond motifs is 3. The maximum Gasteiger partial charge on any atom is 0.255 e. The molecular formula is C22H27N5O2. The van der Waals surface area contributed by atoms with Gasteiger partial charge in [-0.25, -0.2) is 4.99 Å². The number of rotatable bonds is 7. The van der Waals surface area contributed by atoms with Gasteiger partial charge in [-0.05, 0) is 26.3 Å². The molecule has 1 aromatic heterocycles. The Labute approximate surface area is 171 Å². The predicted molar refractivity (Wildman–Crippen MR) is 114 cm³/mol. The smallest absolute Gasteiger partial charge is 0.255 e. The fourth-order valence-corrected chi connectivity index (χ4v) is 3.76. The molecule has 0 bridgehead atoms. The molecule has 2 aliphatic rings.